The van der Waals surface area contributed by atoms with Crippen LogP contribution < -0.4 is 4.90 Å². The van der Waals surface area contributed by atoms with Crippen LogP contribution in [0.15, 0.2) is 16.8 Å². The highest BCUT2D eigenvalue weighted by Crippen LogP contribution is 2.38. The largest absolute Gasteiger partial charge is 0.388 e. The number of aromatic nitrogens is 3. The average Bonchev–Trinajstić information content (AvgIpc) is 3.30. The molecule has 7 heteroatoms. The summed E-state index contributed by atoms with van der Waals surface area (Å²) in [5.41, 5.74) is 0.840. The van der Waals surface area contributed by atoms with E-state index in [9.17, 15) is 5.11 Å². The third kappa shape index (κ3) is 3.13. The molecule has 1 saturated heterocycles. The Morgan fingerprint density at radius 3 is 3.08 bits per heavy atom. The van der Waals surface area contributed by atoms with Crippen molar-refractivity contribution in [1.29, 1.82) is 0 Å². The smallest absolute Gasteiger partial charge is 0.229 e. The third-order valence-corrected chi connectivity index (χ3v) is 5.31. The van der Waals surface area contributed by atoms with Gasteiger partial charge in [0.25, 0.3) is 0 Å². The zero-order valence-electron chi connectivity index (χ0n) is 13.7. The molecule has 0 amide bonds. The maximum absolute atomic E-state index is 11.1. The van der Waals surface area contributed by atoms with Crippen molar-refractivity contribution < 1.29 is 9.63 Å². The van der Waals surface area contributed by atoms with Crippen LogP contribution in [0, 0.1) is 6.92 Å². The van der Waals surface area contributed by atoms with Crippen LogP contribution in [0.5, 0.6) is 0 Å². The lowest BCUT2D eigenvalue weighted by Crippen LogP contribution is -2.49. The van der Waals surface area contributed by atoms with Gasteiger partial charge in [-0.25, -0.2) is 0 Å². The molecule has 0 radical (unpaired) electrons. The molecule has 0 spiro atoms. The summed E-state index contributed by atoms with van der Waals surface area (Å²) >= 11 is 6.40. The van der Waals surface area contributed by atoms with Gasteiger partial charge in [-0.2, -0.15) is 4.98 Å². The first-order valence-corrected chi connectivity index (χ1v) is 8.83. The second-order valence-corrected chi connectivity index (χ2v) is 7.35. The lowest BCUT2D eigenvalue weighted by atomic mass is 9.89. The van der Waals surface area contributed by atoms with Gasteiger partial charge in [0, 0.05) is 25.2 Å². The van der Waals surface area contributed by atoms with Crippen LogP contribution >= 0.6 is 11.6 Å². The van der Waals surface area contributed by atoms with E-state index < -0.39 is 5.60 Å². The maximum Gasteiger partial charge on any atom is 0.229 e. The molecule has 2 fully saturated rings. The summed E-state index contributed by atoms with van der Waals surface area (Å²) in [4.78, 5) is 10.8. The molecular weight excluding hydrogens is 328 g/mol. The highest BCUT2D eigenvalue weighted by Gasteiger charge is 2.37. The SMILES string of the molecule is Cc1nccc(N2CCCC(O)(Cc3nc(C4CC4)no3)C2)c1Cl. The van der Waals surface area contributed by atoms with E-state index in [4.69, 9.17) is 16.1 Å². The van der Waals surface area contributed by atoms with Crippen LogP contribution in [0.2, 0.25) is 5.02 Å². The van der Waals surface area contributed by atoms with Crippen molar-refractivity contribution in [2.45, 2.75) is 50.5 Å². The first-order valence-electron chi connectivity index (χ1n) is 8.45. The Morgan fingerprint density at radius 2 is 2.29 bits per heavy atom. The number of hydrogen-bond acceptors (Lipinski definition) is 6. The molecule has 2 aliphatic rings. The molecule has 1 aliphatic heterocycles. The van der Waals surface area contributed by atoms with Gasteiger partial charge in [-0.1, -0.05) is 16.8 Å². The molecule has 1 unspecified atom stereocenters. The lowest BCUT2D eigenvalue weighted by molar-refractivity contribution is 0.0193. The Morgan fingerprint density at radius 1 is 1.46 bits per heavy atom. The number of nitrogens with zero attached hydrogens (tertiary/aromatic N) is 4. The number of pyridine rings is 1. The van der Waals surface area contributed by atoms with Crippen molar-refractivity contribution in [3.63, 3.8) is 0 Å². The van der Waals surface area contributed by atoms with Crippen LogP contribution in [0.4, 0.5) is 5.69 Å². The van der Waals surface area contributed by atoms with Gasteiger partial charge in [0.1, 0.15) is 0 Å². The number of hydrogen-bond donors (Lipinski definition) is 1. The number of aliphatic hydroxyl groups is 1. The average molecular weight is 349 g/mol. The molecule has 1 saturated carbocycles. The van der Waals surface area contributed by atoms with E-state index in [1.807, 2.05) is 13.0 Å². The number of aryl methyl sites for hydroxylation is 1. The molecule has 0 aromatic carbocycles. The van der Waals surface area contributed by atoms with Crippen molar-refractivity contribution in [3.05, 3.63) is 34.7 Å². The molecule has 2 aromatic rings. The Balaban J connectivity index is 1.51. The number of piperidine rings is 1. The van der Waals surface area contributed by atoms with Gasteiger partial charge in [-0.3, -0.25) is 4.98 Å². The predicted molar refractivity (Wildman–Crippen MR) is 90.4 cm³/mol. The molecular formula is C17H21ClN4O2. The van der Waals surface area contributed by atoms with Gasteiger partial charge < -0.3 is 14.5 Å². The van der Waals surface area contributed by atoms with Gasteiger partial charge in [0.2, 0.25) is 5.89 Å². The summed E-state index contributed by atoms with van der Waals surface area (Å²) in [6.07, 6.45) is 6.01. The number of rotatable bonds is 4. The zero-order valence-corrected chi connectivity index (χ0v) is 14.5. The second-order valence-electron chi connectivity index (χ2n) is 6.98. The fraction of sp³-hybridized carbons (Fsp3) is 0.588. The summed E-state index contributed by atoms with van der Waals surface area (Å²) in [7, 11) is 0. The summed E-state index contributed by atoms with van der Waals surface area (Å²) in [5, 5.41) is 15.7. The Kier molecular flexibility index (Phi) is 3.96. The maximum atomic E-state index is 11.1. The Bertz CT molecular complexity index is 746. The van der Waals surface area contributed by atoms with Crippen LogP contribution in [-0.2, 0) is 6.42 Å². The van der Waals surface area contributed by atoms with Gasteiger partial charge in [-0.05, 0) is 38.7 Å². The van der Waals surface area contributed by atoms with E-state index in [2.05, 4.69) is 20.0 Å². The predicted octanol–water partition coefficient (Wildman–Crippen LogP) is 2.88. The van der Waals surface area contributed by atoms with E-state index >= 15 is 0 Å². The van der Waals surface area contributed by atoms with Crippen molar-refractivity contribution in [2.75, 3.05) is 18.0 Å². The minimum absolute atomic E-state index is 0.380. The van der Waals surface area contributed by atoms with E-state index in [-0.39, 0.29) is 0 Å². The molecule has 24 heavy (non-hydrogen) atoms. The van der Waals surface area contributed by atoms with Gasteiger partial charge in [0.15, 0.2) is 5.82 Å². The minimum atomic E-state index is -0.883. The molecule has 1 N–H and O–H groups in total. The van der Waals surface area contributed by atoms with Gasteiger partial charge >= 0.3 is 0 Å². The minimum Gasteiger partial charge on any atom is -0.388 e. The van der Waals surface area contributed by atoms with Crippen molar-refractivity contribution in [1.82, 2.24) is 15.1 Å². The molecule has 2 aromatic heterocycles. The van der Waals surface area contributed by atoms with E-state index in [0.29, 0.717) is 36.2 Å². The topological polar surface area (TPSA) is 75.3 Å². The fourth-order valence-electron chi connectivity index (χ4n) is 3.37. The summed E-state index contributed by atoms with van der Waals surface area (Å²) < 4.78 is 5.34. The standard InChI is InChI=1S/C17H21ClN4O2/c1-11-15(18)13(5-7-19-11)22-8-2-6-17(23,10-22)9-14-20-16(21-24-14)12-3-4-12/h5,7,12,23H,2-4,6,8-10H2,1H3. The molecule has 0 bridgehead atoms. The number of anilines is 1. The first-order chi connectivity index (χ1) is 11.5. The normalized spacial score (nSPS) is 24.4. The Labute approximate surface area is 145 Å². The van der Waals surface area contributed by atoms with Crippen LogP contribution in [-0.4, -0.2) is 38.9 Å². The fourth-order valence-corrected chi connectivity index (χ4v) is 3.60. The van der Waals surface area contributed by atoms with Crippen LogP contribution in [0.1, 0.15) is 49.0 Å². The van der Waals surface area contributed by atoms with Crippen LogP contribution in [0.3, 0.4) is 0 Å². The molecule has 1 atom stereocenters. The van der Waals surface area contributed by atoms with Crippen LogP contribution in [0.25, 0.3) is 0 Å². The van der Waals surface area contributed by atoms with E-state index in [1.54, 1.807) is 6.20 Å². The van der Waals surface area contributed by atoms with Crippen molar-refractivity contribution in [2.24, 2.45) is 0 Å². The van der Waals surface area contributed by atoms with Crippen molar-refractivity contribution >= 4 is 17.3 Å². The number of β-amino-alcohol motifs (C(OH)–C–C–N with tert-alkyl or cyclic N) is 1. The summed E-state index contributed by atoms with van der Waals surface area (Å²) in [6, 6.07) is 1.90. The van der Waals surface area contributed by atoms with E-state index in [0.717, 1.165) is 43.0 Å². The quantitative estimate of drug-likeness (QED) is 0.915. The van der Waals surface area contributed by atoms with Gasteiger partial charge in [0.05, 0.1) is 28.4 Å². The highest BCUT2D eigenvalue weighted by molar-refractivity contribution is 6.33. The lowest BCUT2D eigenvalue weighted by Gasteiger charge is -2.40. The van der Waals surface area contributed by atoms with Crippen molar-refractivity contribution in [3.8, 4) is 0 Å². The number of halogens is 1. The molecule has 128 valence electrons. The molecule has 1 aliphatic carbocycles. The monoisotopic (exact) mass is 348 g/mol. The Hall–Kier alpha value is -1.66. The molecule has 6 nitrogen and oxygen atoms in total. The first kappa shape index (κ1) is 15.8. The molecule has 4 rings (SSSR count). The van der Waals surface area contributed by atoms with E-state index in [1.165, 1.54) is 0 Å². The summed E-state index contributed by atoms with van der Waals surface area (Å²) in [5.74, 6) is 1.77. The third-order valence-electron chi connectivity index (χ3n) is 4.85. The van der Waals surface area contributed by atoms with Gasteiger partial charge in [-0.15, -0.1) is 0 Å². The summed E-state index contributed by atoms with van der Waals surface area (Å²) in [6.45, 7) is 3.25. The molecule has 3 heterocycles. The highest BCUT2D eigenvalue weighted by atomic mass is 35.5. The zero-order chi connectivity index (χ0) is 16.7. The second kappa shape index (κ2) is 6.01.